The van der Waals surface area contributed by atoms with Crippen molar-refractivity contribution < 1.29 is 9.47 Å². The van der Waals surface area contributed by atoms with Gasteiger partial charge < -0.3 is 20.1 Å². The van der Waals surface area contributed by atoms with Crippen LogP contribution in [-0.4, -0.2) is 37.8 Å². The number of methoxy groups -OCH3 is 1. The van der Waals surface area contributed by atoms with E-state index < -0.39 is 0 Å². The summed E-state index contributed by atoms with van der Waals surface area (Å²) in [5, 5.41) is 10.0. The van der Waals surface area contributed by atoms with Crippen LogP contribution >= 0.6 is 11.3 Å². The van der Waals surface area contributed by atoms with Gasteiger partial charge in [0.25, 0.3) is 0 Å². The first-order valence-electron chi connectivity index (χ1n) is 9.41. The van der Waals surface area contributed by atoms with Crippen molar-refractivity contribution in [1.29, 1.82) is 0 Å². The summed E-state index contributed by atoms with van der Waals surface area (Å²) < 4.78 is 10.6. The lowest BCUT2D eigenvalue weighted by Gasteiger charge is -2.12. The van der Waals surface area contributed by atoms with E-state index in [0.29, 0.717) is 13.1 Å². The van der Waals surface area contributed by atoms with E-state index in [4.69, 9.17) is 14.5 Å². The van der Waals surface area contributed by atoms with Gasteiger partial charge in [-0.3, -0.25) is 0 Å². The Hall–Kier alpha value is -2.12. The summed E-state index contributed by atoms with van der Waals surface area (Å²) in [4.78, 5) is 9.30. The maximum absolute atomic E-state index is 5.39. The Kier molecular flexibility index (Phi) is 9.65. The van der Waals surface area contributed by atoms with Gasteiger partial charge in [0.15, 0.2) is 5.96 Å². The van der Waals surface area contributed by atoms with Crippen molar-refractivity contribution in [2.45, 2.75) is 39.8 Å². The van der Waals surface area contributed by atoms with Gasteiger partial charge in [0.1, 0.15) is 5.75 Å². The molecular formula is C20H30N4O2S. The second kappa shape index (κ2) is 12.3. The molecule has 0 radical (unpaired) electrons. The lowest BCUT2D eigenvalue weighted by Crippen LogP contribution is -2.38. The molecule has 148 valence electrons. The van der Waals surface area contributed by atoms with E-state index in [1.807, 2.05) is 31.2 Å². The predicted octanol–water partition coefficient (Wildman–Crippen LogP) is 3.38. The minimum atomic E-state index is 0.599. The molecule has 0 saturated heterocycles. The molecule has 6 nitrogen and oxygen atoms in total. The van der Waals surface area contributed by atoms with E-state index in [-0.39, 0.29) is 0 Å². The Morgan fingerprint density at radius 2 is 2.00 bits per heavy atom. The quantitative estimate of drug-likeness (QED) is 0.350. The van der Waals surface area contributed by atoms with Gasteiger partial charge in [-0.15, -0.1) is 11.3 Å². The Bertz CT molecular complexity index is 686. The van der Waals surface area contributed by atoms with Crippen LogP contribution in [0, 0.1) is 0 Å². The molecule has 1 aromatic carbocycles. The summed E-state index contributed by atoms with van der Waals surface area (Å²) in [6, 6.07) is 7.97. The van der Waals surface area contributed by atoms with Gasteiger partial charge in [-0.2, -0.15) is 0 Å². The number of guanidine groups is 1. The van der Waals surface area contributed by atoms with E-state index in [1.165, 1.54) is 0 Å². The van der Waals surface area contributed by atoms with Crippen molar-refractivity contribution in [3.05, 3.63) is 45.9 Å². The van der Waals surface area contributed by atoms with Crippen LogP contribution in [-0.2, 0) is 24.2 Å². The molecule has 0 saturated carbocycles. The summed E-state index contributed by atoms with van der Waals surface area (Å²) in [6.07, 6.45) is 1.91. The maximum Gasteiger partial charge on any atom is 0.191 e. The minimum Gasteiger partial charge on any atom is -0.497 e. The zero-order valence-electron chi connectivity index (χ0n) is 16.5. The number of hydrogen-bond acceptors (Lipinski definition) is 5. The van der Waals surface area contributed by atoms with Crippen molar-refractivity contribution in [1.82, 2.24) is 15.6 Å². The Labute approximate surface area is 166 Å². The second-order valence-electron chi connectivity index (χ2n) is 5.93. The molecular weight excluding hydrogens is 360 g/mol. The van der Waals surface area contributed by atoms with Crippen LogP contribution in [0.3, 0.4) is 0 Å². The molecule has 0 bridgehead atoms. The molecule has 1 heterocycles. The van der Waals surface area contributed by atoms with Gasteiger partial charge in [-0.05, 0) is 37.5 Å². The van der Waals surface area contributed by atoms with Crippen LogP contribution < -0.4 is 15.4 Å². The molecule has 7 heteroatoms. The first-order valence-corrected chi connectivity index (χ1v) is 10.3. The van der Waals surface area contributed by atoms with Crippen molar-refractivity contribution in [3.8, 4) is 5.75 Å². The Morgan fingerprint density at radius 1 is 1.19 bits per heavy atom. The fraction of sp³-hybridized carbons (Fsp3) is 0.500. The Morgan fingerprint density at radius 3 is 2.67 bits per heavy atom. The first kappa shape index (κ1) is 21.2. The Balaban J connectivity index is 1.91. The molecule has 0 atom stereocenters. The lowest BCUT2D eigenvalue weighted by atomic mass is 10.2. The van der Waals surface area contributed by atoms with Crippen molar-refractivity contribution in [2.24, 2.45) is 4.99 Å². The number of aliphatic imine (C=N–C) groups is 1. The number of hydrogen-bond donors (Lipinski definition) is 2. The van der Waals surface area contributed by atoms with Crippen molar-refractivity contribution in [2.75, 3.05) is 26.9 Å². The molecule has 27 heavy (non-hydrogen) atoms. The highest BCUT2D eigenvalue weighted by molar-refractivity contribution is 7.09. The molecule has 0 aliphatic carbocycles. The van der Waals surface area contributed by atoms with E-state index in [1.54, 1.807) is 18.4 Å². The first-order chi connectivity index (χ1) is 13.2. The van der Waals surface area contributed by atoms with E-state index in [9.17, 15) is 0 Å². The fourth-order valence-corrected chi connectivity index (χ4v) is 3.11. The molecule has 0 amide bonds. The van der Waals surface area contributed by atoms with Crippen molar-refractivity contribution >= 4 is 17.3 Å². The number of ether oxygens (including phenoxy) is 2. The number of nitrogens with zero attached hydrogens (tertiary/aromatic N) is 2. The zero-order valence-corrected chi connectivity index (χ0v) is 17.3. The molecule has 0 fully saturated rings. The third-order valence-electron chi connectivity index (χ3n) is 3.88. The standard InChI is InChI=1S/C20H30N4O2S/c1-4-19-24-17(15-27-19)14-23-20(21-11-6-12-26-5-2)22-13-16-7-9-18(25-3)10-8-16/h7-10,15H,4-6,11-14H2,1-3H3,(H2,21,22,23). The largest absolute Gasteiger partial charge is 0.497 e. The van der Waals surface area contributed by atoms with Gasteiger partial charge in [0, 0.05) is 25.1 Å². The highest BCUT2D eigenvalue weighted by atomic mass is 32.1. The number of benzene rings is 1. The summed E-state index contributed by atoms with van der Waals surface area (Å²) in [5.41, 5.74) is 2.18. The van der Waals surface area contributed by atoms with Crippen LogP contribution in [0.25, 0.3) is 0 Å². The minimum absolute atomic E-state index is 0.599. The monoisotopic (exact) mass is 390 g/mol. The molecule has 0 aliphatic heterocycles. The van der Waals surface area contributed by atoms with E-state index >= 15 is 0 Å². The third-order valence-corrected chi connectivity index (χ3v) is 4.92. The highest BCUT2D eigenvalue weighted by Crippen LogP contribution is 2.12. The van der Waals surface area contributed by atoms with Gasteiger partial charge in [-0.1, -0.05) is 19.1 Å². The van der Waals surface area contributed by atoms with Crippen LogP contribution in [0.2, 0.25) is 0 Å². The summed E-state index contributed by atoms with van der Waals surface area (Å²) in [6.45, 7) is 7.71. The van der Waals surface area contributed by atoms with E-state index in [2.05, 4.69) is 27.9 Å². The van der Waals surface area contributed by atoms with Gasteiger partial charge in [0.2, 0.25) is 0 Å². The number of rotatable bonds is 11. The van der Waals surface area contributed by atoms with Crippen molar-refractivity contribution in [3.63, 3.8) is 0 Å². The third kappa shape index (κ3) is 7.97. The number of aryl methyl sites for hydroxylation is 1. The molecule has 2 aromatic rings. The van der Waals surface area contributed by atoms with Gasteiger partial charge >= 0.3 is 0 Å². The van der Waals surface area contributed by atoms with Crippen LogP contribution in [0.15, 0.2) is 34.6 Å². The van der Waals surface area contributed by atoms with E-state index in [0.717, 1.165) is 60.6 Å². The lowest BCUT2D eigenvalue weighted by molar-refractivity contribution is 0.145. The summed E-state index contributed by atoms with van der Waals surface area (Å²) >= 11 is 1.70. The molecule has 1 aromatic heterocycles. The number of nitrogens with one attached hydrogen (secondary N) is 2. The number of aromatic nitrogens is 1. The normalized spacial score (nSPS) is 11.4. The van der Waals surface area contributed by atoms with Crippen LogP contribution in [0.4, 0.5) is 0 Å². The molecule has 2 N–H and O–H groups in total. The summed E-state index contributed by atoms with van der Waals surface area (Å²) in [7, 11) is 1.67. The number of thiazole rings is 1. The SMILES string of the molecule is CCOCCCNC(=NCc1ccc(OC)cc1)NCc1csc(CC)n1. The fourth-order valence-electron chi connectivity index (χ4n) is 2.37. The maximum atomic E-state index is 5.39. The average molecular weight is 391 g/mol. The smallest absolute Gasteiger partial charge is 0.191 e. The molecule has 0 aliphatic rings. The highest BCUT2D eigenvalue weighted by Gasteiger charge is 2.03. The molecule has 0 spiro atoms. The summed E-state index contributed by atoms with van der Waals surface area (Å²) in [5.74, 6) is 1.64. The molecule has 0 unspecified atom stereocenters. The molecule has 2 rings (SSSR count). The second-order valence-corrected chi connectivity index (χ2v) is 6.87. The average Bonchev–Trinajstić information content (AvgIpc) is 3.17. The predicted molar refractivity (Wildman–Crippen MR) is 112 cm³/mol. The topological polar surface area (TPSA) is 67.8 Å². The zero-order chi connectivity index (χ0) is 19.3. The van der Waals surface area contributed by atoms with Crippen LogP contribution in [0.1, 0.15) is 36.5 Å². The van der Waals surface area contributed by atoms with Crippen LogP contribution in [0.5, 0.6) is 5.75 Å². The van der Waals surface area contributed by atoms with Gasteiger partial charge in [-0.25, -0.2) is 9.98 Å². The van der Waals surface area contributed by atoms with Gasteiger partial charge in [0.05, 0.1) is 30.9 Å².